The maximum absolute atomic E-state index is 13.1. The van der Waals surface area contributed by atoms with Gasteiger partial charge in [0.25, 0.3) is 0 Å². The summed E-state index contributed by atoms with van der Waals surface area (Å²) in [7, 11) is -3.47. The minimum Gasteiger partial charge on any atom is -0.212 e. The van der Waals surface area contributed by atoms with Crippen LogP contribution in [0.1, 0.15) is 19.4 Å². The van der Waals surface area contributed by atoms with Crippen molar-refractivity contribution in [3.05, 3.63) is 35.4 Å². The molecule has 0 amide bonds. The Kier molecular flexibility index (Phi) is 3.98. The number of sulfonamides is 1. The van der Waals surface area contributed by atoms with Crippen LogP contribution in [0.15, 0.2) is 18.2 Å². The van der Waals surface area contributed by atoms with Gasteiger partial charge in [-0.1, -0.05) is 0 Å². The van der Waals surface area contributed by atoms with Crippen molar-refractivity contribution >= 4 is 10.0 Å². The lowest BCUT2D eigenvalue weighted by atomic mass is 10.2. The fourth-order valence-corrected chi connectivity index (χ4v) is 1.71. The number of halogens is 2. The Hall–Kier alpha value is -1.01. The van der Waals surface area contributed by atoms with Crippen LogP contribution in [0.25, 0.3) is 0 Å². The topological polar surface area (TPSA) is 46.2 Å². The van der Waals surface area contributed by atoms with Crippen molar-refractivity contribution in [2.45, 2.75) is 25.6 Å². The zero-order chi connectivity index (χ0) is 12.3. The maximum Gasteiger partial charge on any atom is 0.214 e. The van der Waals surface area contributed by atoms with Crippen molar-refractivity contribution in [2.24, 2.45) is 0 Å². The molecule has 0 spiro atoms. The molecule has 16 heavy (non-hydrogen) atoms. The van der Waals surface area contributed by atoms with Gasteiger partial charge in [0.2, 0.25) is 10.0 Å². The Morgan fingerprint density at radius 1 is 1.31 bits per heavy atom. The normalized spacial score (nSPS) is 12.1. The van der Waals surface area contributed by atoms with E-state index in [0.717, 1.165) is 18.2 Å². The minimum absolute atomic E-state index is 0.00998. The van der Waals surface area contributed by atoms with E-state index in [2.05, 4.69) is 4.72 Å². The van der Waals surface area contributed by atoms with E-state index in [1.54, 1.807) is 0 Å². The molecule has 0 aliphatic rings. The third-order valence-corrected chi connectivity index (χ3v) is 3.88. The third kappa shape index (κ3) is 3.24. The van der Waals surface area contributed by atoms with Gasteiger partial charge in [-0.25, -0.2) is 21.9 Å². The van der Waals surface area contributed by atoms with Gasteiger partial charge >= 0.3 is 0 Å². The van der Waals surface area contributed by atoms with Gasteiger partial charge < -0.3 is 0 Å². The van der Waals surface area contributed by atoms with Gasteiger partial charge in [-0.3, -0.25) is 0 Å². The van der Waals surface area contributed by atoms with E-state index in [1.165, 1.54) is 13.8 Å². The predicted molar refractivity (Wildman–Crippen MR) is 57.3 cm³/mol. The molecule has 0 atom stereocenters. The second kappa shape index (κ2) is 4.88. The monoisotopic (exact) mass is 249 g/mol. The zero-order valence-electron chi connectivity index (χ0n) is 9.00. The molecule has 1 aromatic rings. The third-order valence-electron chi connectivity index (χ3n) is 2.09. The van der Waals surface area contributed by atoms with Crippen molar-refractivity contribution in [3.63, 3.8) is 0 Å². The Bertz CT molecular complexity index is 472. The molecule has 6 heteroatoms. The van der Waals surface area contributed by atoms with E-state index < -0.39 is 26.9 Å². The van der Waals surface area contributed by atoms with Crippen LogP contribution in [-0.2, 0) is 16.6 Å². The van der Waals surface area contributed by atoms with Gasteiger partial charge in [0.05, 0.1) is 5.25 Å². The van der Waals surface area contributed by atoms with E-state index in [1.807, 2.05) is 0 Å². The quantitative estimate of drug-likeness (QED) is 0.884. The molecule has 90 valence electrons. The van der Waals surface area contributed by atoms with Gasteiger partial charge in [-0.15, -0.1) is 0 Å². The van der Waals surface area contributed by atoms with Gasteiger partial charge in [0.1, 0.15) is 11.6 Å². The fourth-order valence-electron chi connectivity index (χ4n) is 1.02. The van der Waals surface area contributed by atoms with E-state index in [9.17, 15) is 17.2 Å². The largest absolute Gasteiger partial charge is 0.214 e. The van der Waals surface area contributed by atoms with Gasteiger partial charge in [0, 0.05) is 12.1 Å². The Morgan fingerprint density at radius 2 is 1.94 bits per heavy atom. The van der Waals surface area contributed by atoms with E-state index >= 15 is 0 Å². The molecule has 0 aliphatic heterocycles. The Morgan fingerprint density at radius 3 is 2.50 bits per heavy atom. The van der Waals surface area contributed by atoms with Crippen molar-refractivity contribution in [2.75, 3.05) is 0 Å². The summed E-state index contributed by atoms with van der Waals surface area (Å²) >= 11 is 0. The van der Waals surface area contributed by atoms with Crippen LogP contribution < -0.4 is 4.72 Å². The van der Waals surface area contributed by atoms with Crippen LogP contribution in [0.2, 0.25) is 0 Å². The SMILES string of the molecule is CC(C)S(=O)(=O)NCc1cc(F)ccc1F. The summed E-state index contributed by atoms with van der Waals surface area (Å²) in [5.74, 6) is -1.23. The summed E-state index contributed by atoms with van der Waals surface area (Å²) in [5, 5.41) is -0.607. The molecule has 0 saturated carbocycles. The molecular weight excluding hydrogens is 236 g/mol. The van der Waals surface area contributed by atoms with Crippen LogP contribution >= 0.6 is 0 Å². The van der Waals surface area contributed by atoms with Gasteiger partial charge in [-0.05, 0) is 32.0 Å². The summed E-state index contributed by atoms with van der Waals surface area (Å²) in [4.78, 5) is 0. The lowest BCUT2D eigenvalue weighted by Crippen LogP contribution is -2.30. The molecule has 0 saturated heterocycles. The molecule has 0 unspecified atom stereocenters. The molecule has 0 fully saturated rings. The first-order valence-corrected chi connectivity index (χ1v) is 6.30. The lowest BCUT2D eigenvalue weighted by molar-refractivity contribution is 0.561. The molecular formula is C10H13F2NO2S. The molecule has 1 N–H and O–H groups in total. The van der Waals surface area contributed by atoms with Crippen molar-refractivity contribution in [1.82, 2.24) is 4.72 Å². The van der Waals surface area contributed by atoms with Gasteiger partial charge in [-0.2, -0.15) is 0 Å². The average Bonchev–Trinajstić information content (AvgIpc) is 2.19. The summed E-state index contributed by atoms with van der Waals surface area (Å²) in [6.07, 6.45) is 0. The standard InChI is InChI=1S/C10H13F2NO2S/c1-7(2)16(14,15)13-6-8-5-9(11)3-4-10(8)12/h3-5,7,13H,6H2,1-2H3. The van der Waals surface area contributed by atoms with Crippen molar-refractivity contribution in [3.8, 4) is 0 Å². The van der Waals surface area contributed by atoms with Crippen LogP contribution in [0.4, 0.5) is 8.78 Å². The van der Waals surface area contributed by atoms with E-state index in [-0.39, 0.29) is 12.1 Å². The van der Waals surface area contributed by atoms with E-state index in [0.29, 0.717) is 0 Å². The number of benzene rings is 1. The summed E-state index contributed by atoms with van der Waals surface area (Å²) in [5.41, 5.74) is -0.00998. The zero-order valence-corrected chi connectivity index (χ0v) is 9.81. The Labute approximate surface area is 93.5 Å². The van der Waals surface area contributed by atoms with Gasteiger partial charge in [0.15, 0.2) is 0 Å². The highest BCUT2D eigenvalue weighted by atomic mass is 32.2. The highest BCUT2D eigenvalue weighted by molar-refractivity contribution is 7.90. The second-order valence-corrected chi connectivity index (χ2v) is 5.97. The van der Waals surface area contributed by atoms with Crippen LogP contribution in [-0.4, -0.2) is 13.7 Å². The number of rotatable bonds is 4. The fraction of sp³-hybridized carbons (Fsp3) is 0.400. The maximum atomic E-state index is 13.1. The smallest absolute Gasteiger partial charge is 0.212 e. The second-order valence-electron chi connectivity index (χ2n) is 3.65. The number of nitrogens with one attached hydrogen (secondary N) is 1. The average molecular weight is 249 g/mol. The summed E-state index contributed by atoms with van der Waals surface area (Å²) in [6, 6.07) is 2.92. The van der Waals surface area contributed by atoms with Crippen LogP contribution in [0.5, 0.6) is 0 Å². The number of hydrogen-bond acceptors (Lipinski definition) is 2. The molecule has 0 radical (unpaired) electrons. The van der Waals surface area contributed by atoms with E-state index in [4.69, 9.17) is 0 Å². The van der Waals surface area contributed by atoms with Crippen molar-refractivity contribution < 1.29 is 17.2 Å². The summed E-state index contributed by atoms with van der Waals surface area (Å²) < 4.78 is 50.9. The molecule has 0 bridgehead atoms. The Balaban J connectivity index is 2.79. The molecule has 1 aromatic carbocycles. The molecule has 0 aromatic heterocycles. The highest BCUT2D eigenvalue weighted by Gasteiger charge is 2.15. The minimum atomic E-state index is -3.47. The highest BCUT2D eigenvalue weighted by Crippen LogP contribution is 2.10. The first-order valence-electron chi connectivity index (χ1n) is 4.75. The lowest BCUT2D eigenvalue weighted by Gasteiger charge is -2.09. The molecule has 0 aliphatic carbocycles. The summed E-state index contributed by atoms with van der Waals surface area (Å²) in [6.45, 7) is 2.76. The molecule has 1 rings (SSSR count). The molecule has 3 nitrogen and oxygen atoms in total. The first-order chi connectivity index (χ1) is 7.33. The number of hydrogen-bond donors (Lipinski definition) is 1. The first kappa shape index (κ1) is 13.1. The van der Waals surface area contributed by atoms with Crippen LogP contribution in [0.3, 0.4) is 0 Å². The predicted octanol–water partition coefficient (Wildman–Crippen LogP) is 1.79. The molecule has 0 heterocycles. The van der Waals surface area contributed by atoms with Crippen molar-refractivity contribution in [1.29, 1.82) is 0 Å². The van der Waals surface area contributed by atoms with Crippen LogP contribution in [0, 0.1) is 11.6 Å².